The van der Waals surface area contributed by atoms with Gasteiger partial charge in [0.1, 0.15) is 5.82 Å². The van der Waals surface area contributed by atoms with Crippen molar-refractivity contribution >= 4 is 17.7 Å². The van der Waals surface area contributed by atoms with E-state index in [-0.39, 0.29) is 0 Å². The maximum Gasteiger partial charge on any atom is 0.191 e. The van der Waals surface area contributed by atoms with E-state index in [9.17, 15) is 0 Å². The number of aromatic nitrogens is 3. The fourth-order valence-electron chi connectivity index (χ4n) is 3.92. The van der Waals surface area contributed by atoms with Crippen LogP contribution in [0.5, 0.6) is 0 Å². The Morgan fingerprint density at radius 3 is 2.79 bits per heavy atom. The molecule has 7 heteroatoms. The summed E-state index contributed by atoms with van der Waals surface area (Å²) >= 11 is 1.70. The Kier molecular flexibility index (Phi) is 8.40. The van der Waals surface area contributed by atoms with Gasteiger partial charge in [-0.1, -0.05) is 54.4 Å². The summed E-state index contributed by atoms with van der Waals surface area (Å²) in [6.45, 7) is 6.62. The van der Waals surface area contributed by atoms with Gasteiger partial charge in [0.15, 0.2) is 11.1 Å². The molecular formula is C22H34N6S. The molecule has 6 nitrogen and oxygen atoms in total. The quantitative estimate of drug-likeness (QED) is 0.280. The van der Waals surface area contributed by atoms with E-state index in [1.54, 1.807) is 11.8 Å². The second-order valence-corrected chi connectivity index (χ2v) is 8.40. The van der Waals surface area contributed by atoms with Gasteiger partial charge in [-0.3, -0.25) is 0 Å². The number of hydrogen-bond acceptors (Lipinski definition) is 4. The maximum absolute atomic E-state index is 4.73. The van der Waals surface area contributed by atoms with E-state index in [1.807, 2.05) is 0 Å². The fraction of sp³-hybridized carbons (Fsp3) is 0.591. The molecule has 0 spiro atoms. The van der Waals surface area contributed by atoms with E-state index in [2.05, 4.69) is 69.8 Å². The number of nitrogens with zero attached hydrogens (tertiary/aromatic N) is 4. The summed E-state index contributed by atoms with van der Waals surface area (Å²) in [4.78, 5) is 4.73. The summed E-state index contributed by atoms with van der Waals surface area (Å²) in [6.07, 6.45) is 9.19. The lowest BCUT2D eigenvalue weighted by Gasteiger charge is -2.16. The molecule has 2 aromatic rings. The molecular weight excluding hydrogens is 380 g/mol. The first kappa shape index (κ1) is 21.7. The minimum atomic E-state index is 0.587. The first-order valence-corrected chi connectivity index (χ1v) is 12.0. The molecule has 0 radical (unpaired) electrons. The molecule has 0 unspecified atom stereocenters. The van der Waals surface area contributed by atoms with Crippen LogP contribution in [0.25, 0.3) is 0 Å². The Bertz CT molecular complexity index is 794. The number of aliphatic imine (C=N–C) groups is 1. The summed E-state index contributed by atoms with van der Waals surface area (Å²) in [5.41, 5.74) is 2.50. The van der Waals surface area contributed by atoms with Crippen LogP contribution < -0.4 is 10.6 Å². The van der Waals surface area contributed by atoms with Crippen molar-refractivity contribution < 1.29 is 0 Å². The van der Waals surface area contributed by atoms with Crippen LogP contribution in [0.3, 0.4) is 0 Å². The van der Waals surface area contributed by atoms with E-state index in [0.717, 1.165) is 42.9 Å². The Morgan fingerprint density at radius 2 is 2.07 bits per heavy atom. The van der Waals surface area contributed by atoms with Crippen molar-refractivity contribution in [1.82, 2.24) is 25.4 Å². The summed E-state index contributed by atoms with van der Waals surface area (Å²) in [7, 11) is 0. The van der Waals surface area contributed by atoms with Gasteiger partial charge < -0.3 is 15.2 Å². The van der Waals surface area contributed by atoms with Gasteiger partial charge in [-0.05, 0) is 44.9 Å². The van der Waals surface area contributed by atoms with Crippen molar-refractivity contribution in [3.8, 4) is 0 Å². The molecule has 1 aromatic carbocycles. The van der Waals surface area contributed by atoms with Crippen molar-refractivity contribution in [2.45, 2.75) is 70.1 Å². The van der Waals surface area contributed by atoms with Crippen LogP contribution in [-0.4, -0.2) is 40.1 Å². The standard InChI is InChI=1S/C22H34N6S/c1-4-23-21(25-16-18-10-7-9-17(2)15-18)24-14-8-13-20-26-27-22(29-3)28(20)19-11-5-6-12-19/h7,9-10,15,19H,4-6,8,11-14,16H2,1-3H3,(H2,23,24,25). The van der Waals surface area contributed by atoms with E-state index >= 15 is 0 Å². The van der Waals surface area contributed by atoms with E-state index < -0.39 is 0 Å². The van der Waals surface area contributed by atoms with E-state index in [1.165, 1.54) is 36.8 Å². The molecule has 0 aliphatic heterocycles. The molecule has 0 bridgehead atoms. The summed E-state index contributed by atoms with van der Waals surface area (Å²) in [5.74, 6) is 2.00. The Morgan fingerprint density at radius 1 is 1.24 bits per heavy atom. The zero-order valence-electron chi connectivity index (χ0n) is 17.9. The average molecular weight is 415 g/mol. The molecule has 158 valence electrons. The van der Waals surface area contributed by atoms with Gasteiger partial charge in [-0.2, -0.15) is 0 Å². The number of rotatable bonds is 9. The topological polar surface area (TPSA) is 67.1 Å². The van der Waals surface area contributed by atoms with Crippen molar-refractivity contribution in [2.24, 2.45) is 4.99 Å². The number of guanidine groups is 1. The maximum atomic E-state index is 4.73. The minimum Gasteiger partial charge on any atom is -0.357 e. The third-order valence-corrected chi connectivity index (χ3v) is 5.97. The highest BCUT2D eigenvalue weighted by Gasteiger charge is 2.23. The van der Waals surface area contributed by atoms with Crippen LogP contribution in [0, 0.1) is 6.92 Å². The molecule has 2 N–H and O–H groups in total. The van der Waals surface area contributed by atoms with Crippen LogP contribution in [0.4, 0.5) is 0 Å². The summed E-state index contributed by atoms with van der Waals surface area (Å²) in [5, 5.41) is 16.8. The summed E-state index contributed by atoms with van der Waals surface area (Å²) < 4.78 is 2.40. The molecule has 1 saturated carbocycles. The van der Waals surface area contributed by atoms with Crippen LogP contribution in [0.1, 0.15) is 62.0 Å². The molecule has 1 aliphatic rings. The smallest absolute Gasteiger partial charge is 0.191 e. The normalized spacial score (nSPS) is 15.1. The highest BCUT2D eigenvalue weighted by atomic mass is 32.2. The first-order chi connectivity index (χ1) is 14.2. The van der Waals surface area contributed by atoms with Crippen LogP contribution in [0.2, 0.25) is 0 Å². The molecule has 29 heavy (non-hydrogen) atoms. The second kappa shape index (κ2) is 11.2. The number of thioether (sulfide) groups is 1. The van der Waals surface area contributed by atoms with Crippen molar-refractivity contribution in [3.05, 3.63) is 41.2 Å². The van der Waals surface area contributed by atoms with E-state index in [4.69, 9.17) is 4.99 Å². The minimum absolute atomic E-state index is 0.587. The van der Waals surface area contributed by atoms with E-state index in [0.29, 0.717) is 12.6 Å². The van der Waals surface area contributed by atoms with Gasteiger partial charge in [0.25, 0.3) is 0 Å². The lowest BCUT2D eigenvalue weighted by Crippen LogP contribution is -2.37. The Balaban J connectivity index is 1.52. The molecule has 1 fully saturated rings. The van der Waals surface area contributed by atoms with Gasteiger partial charge in [0, 0.05) is 25.6 Å². The van der Waals surface area contributed by atoms with Gasteiger partial charge >= 0.3 is 0 Å². The zero-order chi connectivity index (χ0) is 20.5. The Hall–Kier alpha value is -2.02. The Labute approximate surface area is 179 Å². The molecule has 0 atom stereocenters. The van der Waals surface area contributed by atoms with Crippen molar-refractivity contribution in [3.63, 3.8) is 0 Å². The SMILES string of the molecule is CCNC(=NCc1cccc(C)c1)NCCCc1nnc(SC)n1C1CCCC1. The monoisotopic (exact) mass is 414 g/mol. The van der Waals surface area contributed by atoms with Gasteiger partial charge in [0.2, 0.25) is 0 Å². The van der Waals surface area contributed by atoms with Crippen LogP contribution >= 0.6 is 11.8 Å². The van der Waals surface area contributed by atoms with Gasteiger partial charge in [0.05, 0.1) is 6.54 Å². The molecule has 0 saturated heterocycles. The summed E-state index contributed by atoms with van der Waals surface area (Å²) in [6, 6.07) is 9.10. The third-order valence-electron chi connectivity index (χ3n) is 5.32. The van der Waals surface area contributed by atoms with Crippen LogP contribution in [0.15, 0.2) is 34.4 Å². The number of hydrogen-bond donors (Lipinski definition) is 2. The fourth-order valence-corrected chi connectivity index (χ4v) is 4.50. The largest absolute Gasteiger partial charge is 0.357 e. The predicted octanol–water partition coefficient (Wildman–Crippen LogP) is 4.11. The molecule has 1 heterocycles. The lowest BCUT2D eigenvalue weighted by molar-refractivity contribution is 0.460. The molecule has 1 aliphatic carbocycles. The first-order valence-electron chi connectivity index (χ1n) is 10.8. The van der Waals surface area contributed by atoms with Gasteiger partial charge in [-0.25, -0.2) is 4.99 Å². The lowest BCUT2D eigenvalue weighted by atomic mass is 10.1. The number of aryl methyl sites for hydroxylation is 2. The van der Waals surface area contributed by atoms with Crippen molar-refractivity contribution in [1.29, 1.82) is 0 Å². The van der Waals surface area contributed by atoms with Gasteiger partial charge in [-0.15, -0.1) is 10.2 Å². The number of nitrogens with one attached hydrogen (secondary N) is 2. The molecule has 3 rings (SSSR count). The highest BCUT2D eigenvalue weighted by molar-refractivity contribution is 7.98. The average Bonchev–Trinajstić information content (AvgIpc) is 3.38. The second-order valence-electron chi connectivity index (χ2n) is 7.63. The van der Waals surface area contributed by atoms with Crippen molar-refractivity contribution in [2.75, 3.05) is 19.3 Å². The highest BCUT2D eigenvalue weighted by Crippen LogP contribution is 2.33. The molecule has 1 aromatic heterocycles. The number of benzene rings is 1. The predicted molar refractivity (Wildman–Crippen MR) is 122 cm³/mol. The zero-order valence-corrected chi connectivity index (χ0v) is 18.8. The third kappa shape index (κ3) is 6.23. The van der Waals surface area contributed by atoms with Crippen LogP contribution in [-0.2, 0) is 13.0 Å². The molecule has 0 amide bonds.